The molecule has 3 heteroatoms. The summed E-state index contributed by atoms with van der Waals surface area (Å²) in [6, 6.07) is 1.97. The molecular weight excluding hydrogens is 174 g/mol. The van der Waals surface area contributed by atoms with Crippen LogP contribution < -0.4 is 5.32 Å². The molecule has 2 unspecified atom stereocenters. The molecule has 14 heavy (non-hydrogen) atoms. The number of hydrogen-bond donors (Lipinski definition) is 1. The molecule has 0 aromatic heterocycles. The van der Waals surface area contributed by atoms with Crippen LogP contribution in [0.5, 0.6) is 0 Å². The summed E-state index contributed by atoms with van der Waals surface area (Å²) in [5.41, 5.74) is 0. The van der Waals surface area contributed by atoms with Crippen LogP contribution >= 0.6 is 0 Å². The van der Waals surface area contributed by atoms with Crippen LogP contribution in [0.3, 0.4) is 0 Å². The molecule has 2 atom stereocenters. The largest absolute Gasteiger partial charge is 0.311 e. The first-order chi connectivity index (χ1) is 6.56. The summed E-state index contributed by atoms with van der Waals surface area (Å²) in [7, 11) is 4.36. The fourth-order valence-electron chi connectivity index (χ4n) is 2.22. The minimum absolute atomic E-state index is 0.636. The summed E-state index contributed by atoms with van der Waals surface area (Å²) in [4.78, 5) is 4.90. The van der Waals surface area contributed by atoms with Crippen molar-refractivity contribution >= 4 is 0 Å². The Labute approximate surface area is 88.5 Å². The normalized spacial score (nSPS) is 29.4. The molecule has 0 saturated carbocycles. The van der Waals surface area contributed by atoms with E-state index in [1.807, 2.05) is 0 Å². The quantitative estimate of drug-likeness (QED) is 0.716. The second kappa shape index (κ2) is 5.10. The SMILES string of the molecule is CCNC1CN(C(C)C)CC1N(C)C. The van der Waals surface area contributed by atoms with Gasteiger partial charge in [-0.3, -0.25) is 4.90 Å². The minimum Gasteiger partial charge on any atom is -0.311 e. The Morgan fingerprint density at radius 3 is 2.43 bits per heavy atom. The third-order valence-electron chi connectivity index (χ3n) is 3.18. The maximum atomic E-state index is 3.58. The molecule has 84 valence electrons. The standard InChI is InChI=1S/C11H25N3/c1-6-12-10-7-14(9(2)3)8-11(10)13(4)5/h9-12H,6-8H2,1-5H3. The van der Waals surface area contributed by atoms with Crippen molar-refractivity contribution in [2.75, 3.05) is 33.7 Å². The van der Waals surface area contributed by atoms with E-state index >= 15 is 0 Å². The molecule has 0 spiro atoms. The molecule has 0 aliphatic carbocycles. The molecule has 0 amide bonds. The zero-order valence-corrected chi connectivity index (χ0v) is 10.2. The lowest BCUT2D eigenvalue weighted by Gasteiger charge is -2.25. The van der Waals surface area contributed by atoms with Gasteiger partial charge < -0.3 is 10.2 Å². The topological polar surface area (TPSA) is 18.5 Å². The lowest BCUT2D eigenvalue weighted by molar-refractivity contribution is 0.234. The number of nitrogens with one attached hydrogen (secondary N) is 1. The average molecular weight is 199 g/mol. The monoisotopic (exact) mass is 199 g/mol. The molecule has 1 N–H and O–H groups in total. The van der Waals surface area contributed by atoms with E-state index in [2.05, 4.69) is 50.0 Å². The second-order valence-corrected chi connectivity index (χ2v) is 4.74. The minimum atomic E-state index is 0.636. The number of hydrogen-bond acceptors (Lipinski definition) is 3. The highest BCUT2D eigenvalue weighted by atomic mass is 15.3. The molecule has 1 rings (SSSR count). The van der Waals surface area contributed by atoms with Crippen molar-refractivity contribution in [2.45, 2.75) is 38.9 Å². The zero-order chi connectivity index (χ0) is 10.7. The molecule has 1 heterocycles. The fraction of sp³-hybridized carbons (Fsp3) is 1.00. The fourth-order valence-corrected chi connectivity index (χ4v) is 2.22. The molecule has 1 fully saturated rings. The van der Waals surface area contributed by atoms with Crippen LogP contribution in [-0.4, -0.2) is 61.7 Å². The summed E-state index contributed by atoms with van der Waals surface area (Å²) in [5.74, 6) is 0. The maximum absolute atomic E-state index is 3.58. The number of nitrogens with zero attached hydrogens (tertiary/aromatic N) is 2. The molecule has 0 aromatic carbocycles. The molecule has 1 aliphatic heterocycles. The van der Waals surface area contributed by atoms with Gasteiger partial charge in [0.05, 0.1) is 0 Å². The predicted octanol–water partition coefficient (Wildman–Crippen LogP) is 0.619. The van der Waals surface area contributed by atoms with E-state index in [0.29, 0.717) is 18.1 Å². The third kappa shape index (κ3) is 2.69. The van der Waals surface area contributed by atoms with Crippen molar-refractivity contribution in [1.29, 1.82) is 0 Å². The van der Waals surface area contributed by atoms with Crippen molar-refractivity contribution < 1.29 is 0 Å². The average Bonchev–Trinajstić information content (AvgIpc) is 2.49. The van der Waals surface area contributed by atoms with Gasteiger partial charge in [0.15, 0.2) is 0 Å². The van der Waals surface area contributed by atoms with Crippen LogP contribution in [0, 0.1) is 0 Å². The lowest BCUT2D eigenvalue weighted by Crippen LogP contribution is -2.46. The van der Waals surface area contributed by atoms with E-state index < -0.39 is 0 Å². The van der Waals surface area contributed by atoms with Crippen LogP contribution in [0.1, 0.15) is 20.8 Å². The highest BCUT2D eigenvalue weighted by molar-refractivity contribution is 4.94. The van der Waals surface area contributed by atoms with Crippen LogP contribution in [-0.2, 0) is 0 Å². The van der Waals surface area contributed by atoms with Gasteiger partial charge in [0, 0.05) is 31.2 Å². The Balaban J connectivity index is 2.55. The van der Waals surface area contributed by atoms with Crippen LogP contribution in [0.25, 0.3) is 0 Å². The van der Waals surface area contributed by atoms with Gasteiger partial charge in [-0.05, 0) is 34.5 Å². The molecule has 0 bridgehead atoms. The lowest BCUT2D eigenvalue weighted by atomic mass is 10.1. The second-order valence-electron chi connectivity index (χ2n) is 4.74. The summed E-state index contributed by atoms with van der Waals surface area (Å²) in [6.07, 6.45) is 0. The van der Waals surface area contributed by atoms with E-state index in [-0.39, 0.29) is 0 Å². The molecule has 0 radical (unpaired) electrons. The molecule has 3 nitrogen and oxygen atoms in total. The van der Waals surface area contributed by atoms with E-state index in [4.69, 9.17) is 0 Å². The van der Waals surface area contributed by atoms with Gasteiger partial charge in [0.1, 0.15) is 0 Å². The Morgan fingerprint density at radius 2 is 2.00 bits per heavy atom. The van der Waals surface area contributed by atoms with Gasteiger partial charge in [-0.25, -0.2) is 0 Å². The Bertz CT molecular complexity index is 168. The van der Waals surface area contributed by atoms with E-state index in [1.165, 1.54) is 13.1 Å². The Kier molecular flexibility index (Phi) is 4.35. The van der Waals surface area contributed by atoms with Crippen LogP contribution in [0.4, 0.5) is 0 Å². The molecule has 1 aliphatic rings. The smallest absolute Gasteiger partial charge is 0.0383 e. The Morgan fingerprint density at radius 1 is 1.36 bits per heavy atom. The van der Waals surface area contributed by atoms with Crippen LogP contribution in [0.15, 0.2) is 0 Å². The highest BCUT2D eigenvalue weighted by Crippen LogP contribution is 2.16. The molecule has 0 aromatic rings. The van der Waals surface area contributed by atoms with Crippen molar-refractivity contribution in [3.8, 4) is 0 Å². The number of likely N-dealkylation sites (N-methyl/N-ethyl adjacent to an activating group) is 2. The first kappa shape index (κ1) is 12.0. The van der Waals surface area contributed by atoms with Gasteiger partial charge in [-0.15, -0.1) is 0 Å². The van der Waals surface area contributed by atoms with Gasteiger partial charge >= 0.3 is 0 Å². The number of likely N-dealkylation sites (tertiary alicyclic amines) is 1. The van der Waals surface area contributed by atoms with Gasteiger partial charge in [0.2, 0.25) is 0 Å². The van der Waals surface area contributed by atoms with Crippen molar-refractivity contribution in [3.05, 3.63) is 0 Å². The molecule has 1 saturated heterocycles. The van der Waals surface area contributed by atoms with E-state index in [9.17, 15) is 0 Å². The maximum Gasteiger partial charge on any atom is 0.0383 e. The molecular formula is C11H25N3. The predicted molar refractivity (Wildman–Crippen MR) is 61.6 cm³/mol. The van der Waals surface area contributed by atoms with Crippen molar-refractivity contribution in [2.24, 2.45) is 0 Å². The van der Waals surface area contributed by atoms with Crippen molar-refractivity contribution in [3.63, 3.8) is 0 Å². The third-order valence-corrected chi connectivity index (χ3v) is 3.18. The first-order valence-electron chi connectivity index (χ1n) is 5.70. The Hall–Kier alpha value is -0.120. The van der Waals surface area contributed by atoms with Gasteiger partial charge in [0.25, 0.3) is 0 Å². The van der Waals surface area contributed by atoms with Gasteiger partial charge in [-0.2, -0.15) is 0 Å². The summed E-state index contributed by atoms with van der Waals surface area (Å²) in [5, 5.41) is 3.58. The summed E-state index contributed by atoms with van der Waals surface area (Å²) >= 11 is 0. The van der Waals surface area contributed by atoms with E-state index in [1.54, 1.807) is 0 Å². The highest BCUT2D eigenvalue weighted by Gasteiger charge is 2.34. The summed E-state index contributed by atoms with van der Waals surface area (Å²) < 4.78 is 0. The zero-order valence-electron chi connectivity index (χ0n) is 10.2. The summed E-state index contributed by atoms with van der Waals surface area (Å²) in [6.45, 7) is 10.2. The van der Waals surface area contributed by atoms with Gasteiger partial charge in [-0.1, -0.05) is 6.92 Å². The first-order valence-corrected chi connectivity index (χ1v) is 5.70. The van der Waals surface area contributed by atoms with Crippen molar-refractivity contribution in [1.82, 2.24) is 15.1 Å². The number of rotatable bonds is 4. The van der Waals surface area contributed by atoms with Crippen LogP contribution in [0.2, 0.25) is 0 Å². The van der Waals surface area contributed by atoms with E-state index in [0.717, 1.165) is 6.54 Å².